The van der Waals surface area contributed by atoms with Gasteiger partial charge in [0.15, 0.2) is 12.1 Å². The van der Waals surface area contributed by atoms with Gasteiger partial charge in [0.05, 0.1) is 24.9 Å². The van der Waals surface area contributed by atoms with Crippen molar-refractivity contribution in [2.24, 2.45) is 7.05 Å². The number of nitrogens with zero attached hydrogens (tertiary/aromatic N) is 4. The summed E-state index contributed by atoms with van der Waals surface area (Å²) in [7, 11) is 1.80. The summed E-state index contributed by atoms with van der Waals surface area (Å²) in [6.45, 7) is 1.75. The number of Topliss-reactive ketones (excluding diaryl/α,β-unsaturated/α-hetero) is 1. The van der Waals surface area contributed by atoms with Gasteiger partial charge < -0.3 is 25.2 Å². The van der Waals surface area contributed by atoms with Crippen molar-refractivity contribution in [3.8, 4) is 0 Å². The molecule has 12 heteroatoms. The van der Waals surface area contributed by atoms with Gasteiger partial charge in [0.2, 0.25) is 5.16 Å². The van der Waals surface area contributed by atoms with E-state index in [0.717, 1.165) is 27.8 Å². The first-order chi connectivity index (χ1) is 21.4. The number of nitrogens with one attached hydrogen (secondary N) is 2. The molecule has 2 heterocycles. The molecule has 0 saturated carbocycles. The minimum absolute atomic E-state index is 0.0175. The molecule has 0 radical (unpaired) electrons. The number of ether oxygens (including phenoxy) is 2. The fraction of sp³-hybridized carbons (Fsp3) is 0.344. The second-order valence-electron chi connectivity index (χ2n) is 10.7. The molecule has 4 aromatic rings. The van der Waals surface area contributed by atoms with Gasteiger partial charge in [-0.1, -0.05) is 90.6 Å². The first-order valence-corrected chi connectivity index (χ1v) is 15.4. The van der Waals surface area contributed by atoms with Gasteiger partial charge in [-0.25, -0.2) is 9.48 Å². The molecule has 0 aliphatic carbocycles. The van der Waals surface area contributed by atoms with Gasteiger partial charge in [0, 0.05) is 31.3 Å². The Morgan fingerprint density at radius 1 is 0.977 bits per heavy atom. The summed E-state index contributed by atoms with van der Waals surface area (Å²) in [5.74, 6) is 0.538. The summed E-state index contributed by atoms with van der Waals surface area (Å²) < 4.78 is 14.4. The maximum absolute atomic E-state index is 12.6. The summed E-state index contributed by atoms with van der Waals surface area (Å²) in [6.07, 6.45) is 0.138. The smallest absolute Gasteiger partial charge is 0.315 e. The van der Waals surface area contributed by atoms with E-state index in [4.69, 9.17) is 9.47 Å². The number of benzene rings is 3. The van der Waals surface area contributed by atoms with Gasteiger partial charge >= 0.3 is 6.03 Å². The molecule has 5 rings (SSSR count). The van der Waals surface area contributed by atoms with Crippen molar-refractivity contribution in [3.05, 3.63) is 107 Å². The van der Waals surface area contributed by atoms with Crippen LogP contribution in [-0.2, 0) is 40.9 Å². The lowest BCUT2D eigenvalue weighted by Crippen LogP contribution is -2.46. The molecule has 11 nitrogen and oxygen atoms in total. The number of hydrogen-bond acceptors (Lipinski definition) is 9. The monoisotopic (exact) mass is 616 g/mol. The highest BCUT2D eigenvalue weighted by Gasteiger charge is 2.32. The highest BCUT2D eigenvalue weighted by molar-refractivity contribution is 7.99. The van der Waals surface area contributed by atoms with Crippen LogP contribution < -0.4 is 10.6 Å². The number of amides is 2. The molecule has 1 aromatic heterocycles. The highest BCUT2D eigenvalue weighted by Crippen LogP contribution is 2.39. The third-order valence-corrected chi connectivity index (χ3v) is 8.52. The molecule has 1 saturated heterocycles. The predicted molar refractivity (Wildman–Crippen MR) is 164 cm³/mol. The fourth-order valence-electron chi connectivity index (χ4n) is 4.86. The van der Waals surface area contributed by atoms with Gasteiger partial charge in [-0.05, 0) is 46.0 Å². The van der Waals surface area contributed by atoms with E-state index in [9.17, 15) is 14.7 Å². The summed E-state index contributed by atoms with van der Waals surface area (Å²) in [5.41, 5.74) is 4.57. The molecule has 2 amide bonds. The second-order valence-corrected chi connectivity index (χ2v) is 11.7. The van der Waals surface area contributed by atoms with Gasteiger partial charge in [-0.2, -0.15) is 0 Å². The summed E-state index contributed by atoms with van der Waals surface area (Å²) >= 11 is 1.52. The van der Waals surface area contributed by atoms with E-state index in [1.54, 1.807) is 11.7 Å². The van der Waals surface area contributed by atoms with Crippen LogP contribution in [-0.4, -0.2) is 55.0 Å². The molecular weight excluding hydrogens is 580 g/mol. The van der Waals surface area contributed by atoms with E-state index in [0.29, 0.717) is 30.3 Å². The normalized spacial score (nSPS) is 18.8. The van der Waals surface area contributed by atoms with Gasteiger partial charge in [-0.3, -0.25) is 4.79 Å². The minimum atomic E-state index is -0.607. The van der Waals surface area contributed by atoms with E-state index in [2.05, 4.69) is 26.2 Å². The maximum Gasteiger partial charge on any atom is 0.315 e. The van der Waals surface area contributed by atoms with Crippen LogP contribution in [0.25, 0.3) is 0 Å². The first kappa shape index (κ1) is 31.3. The van der Waals surface area contributed by atoms with Crippen LogP contribution in [0.5, 0.6) is 0 Å². The average Bonchev–Trinajstić information content (AvgIpc) is 3.47. The lowest BCUT2D eigenvalue weighted by atomic mass is 10.0. The Labute approximate surface area is 260 Å². The molecule has 1 unspecified atom stereocenters. The molecule has 0 spiro atoms. The van der Waals surface area contributed by atoms with Crippen LogP contribution in [0, 0.1) is 0 Å². The Bertz CT molecular complexity index is 1520. The third-order valence-electron chi connectivity index (χ3n) is 7.38. The highest BCUT2D eigenvalue weighted by atomic mass is 32.2. The van der Waals surface area contributed by atoms with Gasteiger partial charge in [0.1, 0.15) is 0 Å². The molecule has 3 N–H and O–H groups in total. The zero-order chi connectivity index (χ0) is 30.9. The van der Waals surface area contributed by atoms with Crippen LogP contribution in [0.1, 0.15) is 53.6 Å². The van der Waals surface area contributed by atoms with Crippen molar-refractivity contribution in [1.82, 2.24) is 30.8 Å². The SMILES string of the molecule is CC(=O)[C@@H](Cc1ccccc1)NC(=O)NCc1ccc(C2O[C@H](CSc3nnnn3C)C[C@H](c3ccc(CO)cc3)O2)cc1. The predicted octanol–water partition coefficient (Wildman–Crippen LogP) is 4.04. The number of aromatic nitrogens is 4. The Kier molecular flexibility index (Phi) is 10.7. The molecule has 1 aliphatic heterocycles. The number of aliphatic hydroxyl groups is 1. The summed E-state index contributed by atoms with van der Waals surface area (Å²) in [4.78, 5) is 24.7. The number of carbonyl (C=O) groups excluding carboxylic acids is 2. The summed E-state index contributed by atoms with van der Waals surface area (Å²) in [5, 5.41) is 27.5. The average molecular weight is 617 g/mol. The van der Waals surface area contributed by atoms with Crippen molar-refractivity contribution < 1.29 is 24.2 Å². The lowest BCUT2D eigenvalue weighted by Gasteiger charge is -2.36. The van der Waals surface area contributed by atoms with E-state index in [1.165, 1.54) is 18.7 Å². The quantitative estimate of drug-likeness (QED) is 0.201. The van der Waals surface area contributed by atoms with Crippen molar-refractivity contribution >= 4 is 23.6 Å². The van der Waals surface area contributed by atoms with Crippen LogP contribution in [0.15, 0.2) is 84.0 Å². The Morgan fingerprint density at radius 3 is 2.34 bits per heavy atom. The van der Waals surface area contributed by atoms with Crippen LogP contribution in [0.3, 0.4) is 0 Å². The molecule has 230 valence electrons. The lowest BCUT2D eigenvalue weighted by molar-refractivity contribution is -0.245. The number of tetrazole rings is 1. The van der Waals surface area contributed by atoms with Crippen molar-refractivity contribution in [2.45, 2.75) is 62.6 Å². The molecule has 1 aliphatic rings. The maximum atomic E-state index is 12.6. The zero-order valence-electron chi connectivity index (χ0n) is 24.6. The van der Waals surface area contributed by atoms with E-state index < -0.39 is 18.4 Å². The Morgan fingerprint density at radius 2 is 1.68 bits per heavy atom. The number of aryl methyl sites for hydroxylation is 1. The van der Waals surface area contributed by atoms with Crippen LogP contribution in [0.2, 0.25) is 0 Å². The second kappa shape index (κ2) is 15.1. The standard InChI is InChI=1S/C32H36N6O5S/c1-21(40)28(16-22-6-4-3-5-7-22)34-31(41)33-18-23-8-14-26(15-9-23)30-42-27(20-44-32-35-36-37-38(32)2)17-29(43-30)25-12-10-24(19-39)11-13-25/h3-15,27-30,39H,16-20H2,1-2H3,(H2,33,34,41)/t27-,28+,29+,30?/m0/s1. The number of urea groups is 1. The summed E-state index contributed by atoms with van der Waals surface area (Å²) in [6, 6.07) is 24.0. The van der Waals surface area contributed by atoms with E-state index in [-0.39, 0.29) is 24.6 Å². The van der Waals surface area contributed by atoms with E-state index in [1.807, 2.05) is 78.9 Å². The molecule has 44 heavy (non-hydrogen) atoms. The molecule has 1 fully saturated rings. The third kappa shape index (κ3) is 8.50. The Balaban J connectivity index is 1.21. The van der Waals surface area contributed by atoms with E-state index >= 15 is 0 Å². The van der Waals surface area contributed by atoms with Gasteiger partial charge in [0.25, 0.3) is 0 Å². The van der Waals surface area contributed by atoms with Crippen molar-refractivity contribution in [3.63, 3.8) is 0 Å². The number of rotatable bonds is 12. The topological polar surface area (TPSA) is 140 Å². The number of carbonyl (C=O) groups is 2. The number of thioether (sulfide) groups is 1. The fourth-order valence-corrected chi connectivity index (χ4v) is 5.73. The molecular formula is C32H36N6O5S. The first-order valence-electron chi connectivity index (χ1n) is 14.4. The van der Waals surface area contributed by atoms with Crippen LogP contribution >= 0.6 is 11.8 Å². The van der Waals surface area contributed by atoms with Crippen molar-refractivity contribution in [2.75, 3.05) is 5.75 Å². The van der Waals surface area contributed by atoms with Crippen LogP contribution in [0.4, 0.5) is 4.79 Å². The largest absolute Gasteiger partial charge is 0.392 e. The Hall–Kier alpha value is -4.10. The van der Waals surface area contributed by atoms with Gasteiger partial charge in [-0.15, -0.1) is 5.10 Å². The number of ketones is 1. The zero-order valence-corrected chi connectivity index (χ0v) is 25.4. The number of aliphatic hydroxyl groups excluding tert-OH is 1. The number of hydrogen-bond donors (Lipinski definition) is 3. The minimum Gasteiger partial charge on any atom is -0.392 e. The molecule has 3 aromatic carbocycles. The molecule has 0 bridgehead atoms. The van der Waals surface area contributed by atoms with Crippen molar-refractivity contribution in [1.29, 1.82) is 0 Å². The molecule has 4 atom stereocenters.